The van der Waals surface area contributed by atoms with Gasteiger partial charge in [-0.25, -0.2) is 9.48 Å². The number of para-hydroxylation sites is 1. The highest BCUT2D eigenvalue weighted by molar-refractivity contribution is 5.89. The van der Waals surface area contributed by atoms with Crippen LogP contribution in [0.15, 0.2) is 59.8 Å². The standard InChI is InChI=1S/C24H27N3O4/c1-17-21(22(27(5)26-17)30-20-9-7-6-8-10-20)15-25-29-16-18-11-13-19(14-12-18)23(28)31-24(2,3)4/h6-15H,16H2,1-5H3/b25-15-. The zero-order valence-electron chi connectivity index (χ0n) is 18.5. The Labute approximate surface area is 182 Å². The number of rotatable bonds is 7. The first-order valence-corrected chi connectivity index (χ1v) is 9.97. The number of oxime groups is 1. The van der Waals surface area contributed by atoms with Crippen molar-refractivity contribution in [2.75, 3.05) is 0 Å². The first-order valence-electron chi connectivity index (χ1n) is 9.97. The molecular weight excluding hydrogens is 394 g/mol. The summed E-state index contributed by atoms with van der Waals surface area (Å²) in [6.45, 7) is 7.66. The van der Waals surface area contributed by atoms with E-state index in [0.29, 0.717) is 17.2 Å². The van der Waals surface area contributed by atoms with Gasteiger partial charge in [0.05, 0.1) is 23.0 Å². The summed E-state index contributed by atoms with van der Waals surface area (Å²) in [6.07, 6.45) is 1.59. The summed E-state index contributed by atoms with van der Waals surface area (Å²) in [7, 11) is 1.82. The van der Waals surface area contributed by atoms with Crippen LogP contribution in [0.25, 0.3) is 0 Å². The molecule has 0 fully saturated rings. The van der Waals surface area contributed by atoms with E-state index >= 15 is 0 Å². The minimum Gasteiger partial charge on any atom is -0.456 e. The number of ether oxygens (including phenoxy) is 2. The highest BCUT2D eigenvalue weighted by Gasteiger charge is 2.17. The number of benzene rings is 2. The van der Waals surface area contributed by atoms with Crippen molar-refractivity contribution in [1.29, 1.82) is 0 Å². The van der Waals surface area contributed by atoms with Crippen LogP contribution in [0.5, 0.6) is 11.6 Å². The second kappa shape index (κ2) is 9.47. The van der Waals surface area contributed by atoms with Crippen LogP contribution in [0, 0.1) is 6.92 Å². The third-order valence-electron chi connectivity index (χ3n) is 4.25. The molecule has 2 aromatic carbocycles. The van der Waals surface area contributed by atoms with E-state index in [0.717, 1.165) is 16.8 Å². The summed E-state index contributed by atoms with van der Waals surface area (Å²) in [5.74, 6) is 0.944. The predicted octanol–water partition coefficient (Wildman–Crippen LogP) is 5.03. The molecule has 0 atom stereocenters. The molecule has 0 bridgehead atoms. The highest BCUT2D eigenvalue weighted by Crippen LogP contribution is 2.25. The molecular formula is C24H27N3O4. The molecule has 3 aromatic rings. The topological polar surface area (TPSA) is 74.9 Å². The van der Waals surface area contributed by atoms with Gasteiger partial charge in [-0.05, 0) is 57.5 Å². The maximum atomic E-state index is 12.1. The van der Waals surface area contributed by atoms with Crippen molar-refractivity contribution < 1.29 is 19.1 Å². The molecule has 1 aromatic heterocycles. The fourth-order valence-corrected chi connectivity index (χ4v) is 2.80. The SMILES string of the molecule is Cc1nn(C)c(Oc2ccccc2)c1/C=N\OCc1ccc(C(=O)OC(C)(C)C)cc1. The van der Waals surface area contributed by atoms with Gasteiger partial charge in [0.15, 0.2) is 0 Å². The molecule has 0 N–H and O–H groups in total. The first-order chi connectivity index (χ1) is 14.7. The van der Waals surface area contributed by atoms with Gasteiger partial charge in [-0.2, -0.15) is 5.10 Å². The van der Waals surface area contributed by atoms with Gasteiger partial charge in [-0.1, -0.05) is 35.5 Å². The molecule has 7 heteroatoms. The molecule has 0 radical (unpaired) electrons. The maximum Gasteiger partial charge on any atom is 0.338 e. The van der Waals surface area contributed by atoms with Crippen LogP contribution in [0.4, 0.5) is 0 Å². The molecule has 0 aliphatic rings. The number of aromatic nitrogens is 2. The molecule has 0 aliphatic carbocycles. The summed E-state index contributed by atoms with van der Waals surface area (Å²) in [4.78, 5) is 17.5. The molecule has 3 rings (SSSR count). The number of hydrogen-bond acceptors (Lipinski definition) is 6. The van der Waals surface area contributed by atoms with Crippen LogP contribution in [0.2, 0.25) is 0 Å². The maximum absolute atomic E-state index is 12.1. The van der Waals surface area contributed by atoms with E-state index in [2.05, 4.69) is 10.3 Å². The van der Waals surface area contributed by atoms with E-state index < -0.39 is 5.60 Å². The van der Waals surface area contributed by atoms with Crippen molar-refractivity contribution >= 4 is 12.2 Å². The Morgan fingerprint density at radius 1 is 1.10 bits per heavy atom. The van der Waals surface area contributed by atoms with Gasteiger partial charge < -0.3 is 14.3 Å². The normalized spacial score (nSPS) is 11.5. The van der Waals surface area contributed by atoms with Gasteiger partial charge in [0.1, 0.15) is 18.0 Å². The van der Waals surface area contributed by atoms with E-state index in [-0.39, 0.29) is 12.6 Å². The first kappa shape index (κ1) is 22.1. The predicted molar refractivity (Wildman–Crippen MR) is 118 cm³/mol. The Kier molecular flexibility index (Phi) is 6.74. The second-order valence-corrected chi connectivity index (χ2v) is 8.05. The Hall–Kier alpha value is -3.61. The van der Waals surface area contributed by atoms with E-state index in [1.54, 1.807) is 23.0 Å². The number of esters is 1. The average Bonchev–Trinajstić information content (AvgIpc) is 2.98. The molecule has 7 nitrogen and oxygen atoms in total. The third-order valence-corrected chi connectivity index (χ3v) is 4.25. The summed E-state index contributed by atoms with van der Waals surface area (Å²) in [5, 5.41) is 8.47. The summed E-state index contributed by atoms with van der Waals surface area (Å²) >= 11 is 0. The zero-order chi connectivity index (χ0) is 22.4. The lowest BCUT2D eigenvalue weighted by molar-refractivity contribution is 0.00694. The third kappa shape index (κ3) is 6.18. The van der Waals surface area contributed by atoms with Crippen LogP contribution in [-0.2, 0) is 23.2 Å². The number of hydrogen-bond donors (Lipinski definition) is 0. The van der Waals surface area contributed by atoms with Crippen molar-refractivity contribution in [3.05, 3.63) is 77.0 Å². The van der Waals surface area contributed by atoms with Gasteiger partial charge in [0, 0.05) is 7.05 Å². The molecule has 0 aliphatic heterocycles. The highest BCUT2D eigenvalue weighted by atomic mass is 16.6. The minimum atomic E-state index is -0.527. The molecule has 0 spiro atoms. The number of carbonyl (C=O) groups is 1. The van der Waals surface area contributed by atoms with Crippen LogP contribution < -0.4 is 4.74 Å². The van der Waals surface area contributed by atoms with Gasteiger partial charge in [0.2, 0.25) is 5.88 Å². The molecule has 0 saturated heterocycles. The lowest BCUT2D eigenvalue weighted by atomic mass is 10.1. The fourth-order valence-electron chi connectivity index (χ4n) is 2.80. The van der Waals surface area contributed by atoms with Crippen LogP contribution in [0.3, 0.4) is 0 Å². The monoisotopic (exact) mass is 421 g/mol. The Balaban J connectivity index is 1.61. The van der Waals surface area contributed by atoms with Crippen LogP contribution in [-0.4, -0.2) is 27.6 Å². The van der Waals surface area contributed by atoms with Gasteiger partial charge >= 0.3 is 5.97 Å². The van der Waals surface area contributed by atoms with Crippen molar-refractivity contribution in [2.45, 2.75) is 39.9 Å². The van der Waals surface area contributed by atoms with Crippen molar-refractivity contribution in [1.82, 2.24) is 9.78 Å². The van der Waals surface area contributed by atoms with Crippen molar-refractivity contribution in [3.8, 4) is 11.6 Å². The molecule has 0 amide bonds. The fraction of sp³-hybridized carbons (Fsp3) is 0.292. The van der Waals surface area contributed by atoms with Crippen molar-refractivity contribution in [2.24, 2.45) is 12.2 Å². The van der Waals surface area contributed by atoms with Crippen molar-refractivity contribution in [3.63, 3.8) is 0 Å². The summed E-state index contributed by atoms with van der Waals surface area (Å²) in [6, 6.07) is 16.6. The molecule has 0 unspecified atom stereocenters. The van der Waals surface area contributed by atoms with E-state index in [1.165, 1.54) is 0 Å². The number of aryl methyl sites for hydroxylation is 2. The van der Waals surface area contributed by atoms with Gasteiger partial charge in [0.25, 0.3) is 0 Å². The van der Waals surface area contributed by atoms with E-state index in [9.17, 15) is 4.79 Å². The Morgan fingerprint density at radius 2 is 1.77 bits per heavy atom. The van der Waals surface area contributed by atoms with E-state index in [1.807, 2.05) is 77.2 Å². The minimum absolute atomic E-state index is 0.263. The van der Waals surface area contributed by atoms with Gasteiger partial charge in [-0.3, -0.25) is 0 Å². The van der Waals surface area contributed by atoms with Gasteiger partial charge in [-0.15, -0.1) is 0 Å². The number of carbonyl (C=O) groups excluding carboxylic acids is 1. The Bertz CT molecular complexity index is 1050. The molecule has 0 saturated carbocycles. The smallest absolute Gasteiger partial charge is 0.338 e. The lowest BCUT2D eigenvalue weighted by Crippen LogP contribution is -2.23. The number of nitrogens with zero attached hydrogens (tertiary/aromatic N) is 3. The molecule has 162 valence electrons. The summed E-state index contributed by atoms with van der Waals surface area (Å²) in [5.41, 5.74) is 2.37. The van der Waals surface area contributed by atoms with Crippen LogP contribution in [0.1, 0.15) is 48.0 Å². The second-order valence-electron chi connectivity index (χ2n) is 8.05. The summed E-state index contributed by atoms with van der Waals surface area (Å²) < 4.78 is 13.0. The largest absolute Gasteiger partial charge is 0.456 e. The van der Waals surface area contributed by atoms with Crippen LogP contribution >= 0.6 is 0 Å². The lowest BCUT2D eigenvalue weighted by Gasteiger charge is -2.19. The average molecular weight is 421 g/mol. The Morgan fingerprint density at radius 3 is 2.42 bits per heavy atom. The molecule has 31 heavy (non-hydrogen) atoms. The quantitative estimate of drug-likeness (QED) is 0.304. The zero-order valence-corrected chi connectivity index (χ0v) is 18.5. The van der Waals surface area contributed by atoms with E-state index in [4.69, 9.17) is 14.3 Å². The molecule has 1 heterocycles.